The lowest BCUT2D eigenvalue weighted by atomic mass is 10.0. The van der Waals surface area contributed by atoms with Crippen LogP contribution in [0.3, 0.4) is 0 Å². The molecule has 15 atom stereocenters. The zero-order valence-electron chi connectivity index (χ0n) is 69.8. The van der Waals surface area contributed by atoms with E-state index in [1.54, 1.807) is 63.1 Å². The summed E-state index contributed by atoms with van der Waals surface area (Å²) in [4.78, 5) is 98.6. The third kappa shape index (κ3) is 17.1. The van der Waals surface area contributed by atoms with Crippen LogP contribution in [-0.2, 0) is 54.4 Å². The van der Waals surface area contributed by atoms with Crippen molar-refractivity contribution in [3.63, 3.8) is 0 Å². The first-order valence-electron chi connectivity index (χ1n) is 42.4. The lowest BCUT2D eigenvalue weighted by Crippen LogP contribution is -2.46. The van der Waals surface area contributed by atoms with Gasteiger partial charge in [-0.3, -0.25) is 29.1 Å². The molecule has 18 rings (SSSR count). The van der Waals surface area contributed by atoms with Crippen molar-refractivity contribution in [2.24, 2.45) is 35.5 Å². The molecule has 9 unspecified atom stereocenters. The smallest absolute Gasteiger partial charge is 0.377 e. The Labute approximate surface area is 684 Å². The minimum Gasteiger partial charge on any atom is -0.377 e. The van der Waals surface area contributed by atoms with Gasteiger partial charge in [-0.25, -0.2) is 14.4 Å². The topological polar surface area (TPSA) is 222 Å². The molecule has 3 aliphatic carbocycles. The predicted octanol–water partition coefficient (Wildman–Crippen LogP) is 10.8. The van der Waals surface area contributed by atoms with Crippen molar-refractivity contribution in [2.75, 3.05) is 151 Å². The third-order valence-corrected chi connectivity index (χ3v) is 28.4. The van der Waals surface area contributed by atoms with Crippen molar-refractivity contribution in [3.05, 3.63) is 125 Å². The van der Waals surface area contributed by atoms with Crippen molar-refractivity contribution in [2.45, 2.75) is 192 Å². The molecule has 9 aliphatic heterocycles. The monoisotopic (exact) mass is 1610 g/mol. The number of hydrogen-bond donors (Lipinski definition) is 0. The molecule has 12 aliphatic rings. The van der Waals surface area contributed by atoms with Crippen LogP contribution >= 0.6 is 0 Å². The van der Waals surface area contributed by atoms with Crippen molar-refractivity contribution in [3.8, 4) is 0 Å². The van der Waals surface area contributed by atoms with Gasteiger partial charge in [-0.05, 0) is 206 Å². The molecule has 9 saturated heterocycles. The van der Waals surface area contributed by atoms with Crippen LogP contribution in [0.25, 0.3) is 0 Å². The second kappa shape index (κ2) is 33.7. The summed E-state index contributed by atoms with van der Waals surface area (Å²) < 4.78 is 63.9. The summed E-state index contributed by atoms with van der Waals surface area (Å²) in [5.41, 5.74) is 10.4. The van der Waals surface area contributed by atoms with Gasteiger partial charge < -0.3 is 58.3 Å². The van der Waals surface area contributed by atoms with E-state index in [0.717, 1.165) is 117 Å². The molecule has 3 aromatic carbocycles. The van der Waals surface area contributed by atoms with Crippen LogP contribution in [0.15, 0.2) is 91.8 Å². The zero-order chi connectivity index (χ0) is 82.2. The van der Waals surface area contributed by atoms with E-state index >= 15 is 0 Å². The Hall–Kier alpha value is -8.94. The molecule has 3 aromatic heterocycles. The Morgan fingerprint density at radius 3 is 1.13 bits per heavy atom. The molecule has 12 fully saturated rings. The maximum atomic E-state index is 14.2. The van der Waals surface area contributed by atoms with Gasteiger partial charge in [0.15, 0.2) is 0 Å². The van der Waals surface area contributed by atoms with E-state index in [0.29, 0.717) is 126 Å². The number of ether oxygens (including phenoxy) is 3. The highest BCUT2D eigenvalue weighted by Gasteiger charge is 2.49. The standard InChI is InChI=1S/C29H37F3N6O3.2C29H40N6O3/c1-18(39)35(3)26-11-33-37(15-26)28(40)36-13-20-8-25(9-21(20)14-36)34(2)12-19-4-5-22(10-27(19)29(30,31)32)38-23-6-7-24(38)17-41-16-23;1-19-9-21(5-8-28(19)35-24-6-7-25(35)18-38-17-24)13-31(3)26-10-22-14-33(15-23(22)11-26)29(37)34-16-27(12-30-34)32(4)20(2)36;1-19-7-21(9-27(8-19)35-24-5-6-25(35)18-38-17-24)13-31(3)26-10-22-14-33(15-23(22)11-26)29(37)34-16-28(12-30-34)32(4)20(2)36/h4-5,10-11,15,20-21,23-25H,6-9,12-14,16-17H2,1-3H3;5,8-9,12,16,22-26H,6-7,10-11,13-15,17-18H2,1-4H3;7-9,12,16,22-26H,5-6,10-11,13-15,17-18H2,1-4H3/t20-,21+,23?,24?,25?;2*22-,23+,24?,25?,26?. The van der Waals surface area contributed by atoms with Gasteiger partial charge in [0.1, 0.15) is 0 Å². The van der Waals surface area contributed by atoms with Gasteiger partial charge in [0.2, 0.25) is 17.7 Å². The summed E-state index contributed by atoms with van der Waals surface area (Å²) in [6.45, 7) is 19.9. The van der Waals surface area contributed by atoms with E-state index in [1.807, 2.05) is 27.8 Å². The van der Waals surface area contributed by atoms with Gasteiger partial charge in [0.25, 0.3) is 0 Å². The number of aryl methyl sites for hydroxylation is 2. The second-order valence-electron chi connectivity index (χ2n) is 36.0. The molecular weight excluding hydrogens is 1500 g/mol. The molecule has 0 spiro atoms. The van der Waals surface area contributed by atoms with E-state index in [1.165, 1.54) is 121 Å². The number of likely N-dealkylation sites (tertiary alicyclic amines) is 3. The molecule has 6 amide bonds. The number of fused-ring (bicyclic) bond motifs is 9. The van der Waals surface area contributed by atoms with Crippen LogP contribution in [0.5, 0.6) is 0 Å². The van der Waals surface area contributed by atoms with Crippen LogP contribution in [0.1, 0.15) is 131 Å². The fourth-order valence-electron chi connectivity index (χ4n) is 21.8. The van der Waals surface area contributed by atoms with Crippen LogP contribution in [0.2, 0.25) is 0 Å². The first-order chi connectivity index (χ1) is 56.0. The number of hydrogen-bond acceptors (Lipinski definition) is 18. The lowest BCUT2D eigenvalue weighted by Gasteiger charge is -2.37. The summed E-state index contributed by atoms with van der Waals surface area (Å²) in [5, 5.41) is 12.6. The molecule has 3 saturated carbocycles. The predicted molar refractivity (Wildman–Crippen MR) is 440 cm³/mol. The SMILES string of the molecule is CC(=O)N(C)c1cnn(C(=O)N2C[C@H]3CC(N(C)Cc4cc(C)cc(N5C6CCC5COC6)c4)C[C@H]3C2)c1.CC(=O)N(C)c1cnn(C(=O)N2C[C@H]3CC(N(C)Cc4ccc(N5C6CCC5COC6)c(C)c4)C[C@H]3C2)c1.CC(=O)N(C)c1cnn(C(=O)N2C[C@H]3CC(N(C)Cc4ccc(N5C6CCC5COC6)cc4C(F)(F)F)C[C@H]3C2)c1. The van der Waals surface area contributed by atoms with E-state index in [9.17, 15) is 41.9 Å². The minimum absolute atomic E-state index is 0.0852. The summed E-state index contributed by atoms with van der Waals surface area (Å²) in [6.07, 6.45) is 18.0. The normalized spacial score (nSPS) is 28.0. The van der Waals surface area contributed by atoms with Crippen LogP contribution in [0, 0.1) is 49.4 Å². The highest BCUT2D eigenvalue weighted by atomic mass is 19.4. The number of aromatic nitrogens is 6. The summed E-state index contributed by atoms with van der Waals surface area (Å²) in [6, 6.07) is 22.1. The number of nitrogens with zero attached hydrogens (tertiary/aromatic N) is 18. The average Bonchev–Trinajstić information content (AvgIpc) is 1.74. The van der Waals surface area contributed by atoms with Crippen molar-refractivity contribution >= 4 is 69.9 Å². The second-order valence-corrected chi connectivity index (χ2v) is 36.0. The summed E-state index contributed by atoms with van der Waals surface area (Å²) in [7, 11) is 11.4. The highest BCUT2D eigenvalue weighted by molar-refractivity contribution is 5.92. The number of anilines is 6. The molecule has 0 radical (unpaired) electrons. The Bertz CT molecular complexity index is 4560. The molecule has 6 bridgehead atoms. The van der Waals surface area contributed by atoms with Crippen LogP contribution in [-0.4, -0.2) is 270 Å². The summed E-state index contributed by atoms with van der Waals surface area (Å²) >= 11 is 0. The fraction of sp³-hybridized carbons (Fsp3) is 0.621. The number of benzene rings is 3. The van der Waals surface area contributed by atoms with Gasteiger partial charge in [0, 0.05) is 136 Å². The average molecular weight is 1620 g/mol. The van der Waals surface area contributed by atoms with Gasteiger partial charge in [-0.1, -0.05) is 24.3 Å². The zero-order valence-corrected chi connectivity index (χ0v) is 69.8. The number of carbonyl (C=O) groups excluding carboxylic acids is 6. The third-order valence-electron chi connectivity index (χ3n) is 28.4. The van der Waals surface area contributed by atoms with Gasteiger partial charge in [0.05, 0.1) is 136 Å². The van der Waals surface area contributed by atoms with E-state index in [2.05, 4.69) is 104 Å². The van der Waals surface area contributed by atoms with Gasteiger partial charge in [-0.15, -0.1) is 0 Å². The molecule has 0 N–H and O–H groups in total. The lowest BCUT2D eigenvalue weighted by molar-refractivity contribution is -0.138. The number of alkyl halides is 3. The number of carbonyl (C=O) groups is 6. The summed E-state index contributed by atoms with van der Waals surface area (Å²) in [5.74, 6) is 2.38. The van der Waals surface area contributed by atoms with E-state index in [4.69, 9.17) is 14.2 Å². The first kappa shape index (κ1) is 81.8. The first-order valence-corrected chi connectivity index (χ1v) is 42.4. The number of halogens is 3. The molecule has 12 heterocycles. The van der Waals surface area contributed by atoms with Crippen molar-refractivity contribution in [1.29, 1.82) is 0 Å². The highest BCUT2D eigenvalue weighted by Crippen LogP contribution is 2.47. The number of amides is 6. The maximum Gasteiger partial charge on any atom is 0.416 e. The molecule has 30 heteroatoms. The van der Waals surface area contributed by atoms with Crippen LogP contribution < -0.4 is 29.4 Å². The molecular formula is C87H117F3N18O9. The van der Waals surface area contributed by atoms with E-state index in [-0.39, 0.29) is 60.5 Å². The molecule has 117 heavy (non-hydrogen) atoms. The van der Waals surface area contributed by atoms with Gasteiger partial charge >= 0.3 is 24.3 Å². The van der Waals surface area contributed by atoms with Gasteiger partial charge in [-0.2, -0.15) is 42.5 Å². The Morgan fingerprint density at radius 1 is 0.419 bits per heavy atom. The minimum atomic E-state index is -4.43. The fourth-order valence-corrected chi connectivity index (χ4v) is 21.8. The van der Waals surface area contributed by atoms with Crippen molar-refractivity contribution in [1.82, 2.24) is 58.7 Å². The molecule has 630 valence electrons. The van der Waals surface area contributed by atoms with E-state index < -0.39 is 11.7 Å². The Kier molecular flexibility index (Phi) is 23.6. The maximum absolute atomic E-state index is 14.2. The number of morpholine rings is 3. The quantitative estimate of drug-likeness (QED) is 0.0932. The Balaban J connectivity index is 0.000000132. The molecule has 27 nitrogen and oxygen atoms in total. The largest absolute Gasteiger partial charge is 0.416 e. The van der Waals surface area contributed by atoms with Crippen molar-refractivity contribution < 1.29 is 56.1 Å². The number of rotatable bonds is 15. The molecule has 6 aromatic rings. The van der Waals surface area contributed by atoms with Crippen LogP contribution in [0.4, 0.5) is 61.7 Å². The Morgan fingerprint density at radius 2 is 0.769 bits per heavy atom.